The van der Waals surface area contributed by atoms with Gasteiger partial charge in [0, 0.05) is 17.3 Å². The van der Waals surface area contributed by atoms with Gasteiger partial charge in [-0.15, -0.1) is 0 Å². The quantitative estimate of drug-likeness (QED) is 0.733. The minimum atomic E-state index is -0.277. The van der Waals surface area contributed by atoms with Crippen molar-refractivity contribution in [1.82, 2.24) is 5.32 Å². The summed E-state index contributed by atoms with van der Waals surface area (Å²) in [6.07, 6.45) is 0.937. The Labute approximate surface area is 153 Å². The van der Waals surface area contributed by atoms with Crippen molar-refractivity contribution in [1.29, 1.82) is 0 Å². The maximum absolute atomic E-state index is 12.2. The zero-order valence-electron chi connectivity index (χ0n) is 14.4. The average Bonchev–Trinajstić information content (AvgIpc) is 2.61. The lowest BCUT2D eigenvalue weighted by atomic mass is 10.2. The first-order chi connectivity index (χ1) is 12.1. The molecule has 1 amide bonds. The third kappa shape index (κ3) is 6.08. The van der Waals surface area contributed by atoms with Crippen molar-refractivity contribution in [3.8, 4) is 11.5 Å². The van der Waals surface area contributed by atoms with Crippen molar-refractivity contribution < 1.29 is 14.3 Å². The molecule has 0 aromatic heterocycles. The minimum absolute atomic E-state index is 0.227. The van der Waals surface area contributed by atoms with Crippen LogP contribution in [0.5, 0.6) is 11.5 Å². The maximum atomic E-state index is 12.2. The normalized spacial score (nSPS) is 10.0. The second-order valence-corrected chi connectivity index (χ2v) is 5.65. The van der Waals surface area contributed by atoms with Gasteiger partial charge in [-0.05, 0) is 62.0 Å². The van der Waals surface area contributed by atoms with Crippen molar-refractivity contribution in [2.75, 3.05) is 18.5 Å². The molecule has 0 saturated carbocycles. The van der Waals surface area contributed by atoms with Crippen molar-refractivity contribution in [2.45, 2.75) is 20.3 Å². The summed E-state index contributed by atoms with van der Waals surface area (Å²) in [5, 5.41) is 5.86. The first kappa shape index (κ1) is 18.7. The SMILES string of the molecule is CCCOc1ccc(C(=O)NC(=S)Nc2cccc(OCC)c2)cc1. The minimum Gasteiger partial charge on any atom is -0.494 e. The summed E-state index contributed by atoms with van der Waals surface area (Å²) >= 11 is 5.19. The fraction of sp³-hybridized carbons (Fsp3) is 0.263. The van der Waals surface area contributed by atoms with Crippen LogP contribution in [0, 0.1) is 0 Å². The number of benzene rings is 2. The molecule has 132 valence electrons. The molecule has 0 radical (unpaired) electrons. The summed E-state index contributed by atoms with van der Waals surface area (Å²) in [6, 6.07) is 14.3. The van der Waals surface area contributed by atoms with Crippen molar-refractivity contribution in [2.24, 2.45) is 0 Å². The lowest BCUT2D eigenvalue weighted by Gasteiger charge is -2.11. The number of hydrogen-bond donors (Lipinski definition) is 2. The number of rotatable bonds is 7. The number of nitrogens with one attached hydrogen (secondary N) is 2. The van der Waals surface area contributed by atoms with Crippen LogP contribution in [-0.2, 0) is 0 Å². The molecular weight excluding hydrogens is 336 g/mol. The summed E-state index contributed by atoms with van der Waals surface area (Å²) in [6.45, 7) is 5.20. The van der Waals surface area contributed by atoms with E-state index in [0.717, 1.165) is 23.6 Å². The van der Waals surface area contributed by atoms with E-state index in [1.165, 1.54) is 0 Å². The molecule has 0 unspecified atom stereocenters. The topological polar surface area (TPSA) is 59.6 Å². The first-order valence-electron chi connectivity index (χ1n) is 8.20. The third-order valence-electron chi connectivity index (χ3n) is 3.22. The lowest BCUT2D eigenvalue weighted by Crippen LogP contribution is -2.34. The van der Waals surface area contributed by atoms with Crippen LogP contribution < -0.4 is 20.1 Å². The molecule has 25 heavy (non-hydrogen) atoms. The molecule has 0 bridgehead atoms. The van der Waals surface area contributed by atoms with Gasteiger partial charge in [0.1, 0.15) is 11.5 Å². The Hall–Kier alpha value is -2.60. The summed E-state index contributed by atoms with van der Waals surface area (Å²) in [5.74, 6) is 1.21. The summed E-state index contributed by atoms with van der Waals surface area (Å²) < 4.78 is 10.9. The third-order valence-corrected chi connectivity index (χ3v) is 3.42. The van der Waals surface area contributed by atoms with E-state index in [4.69, 9.17) is 21.7 Å². The van der Waals surface area contributed by atoms with Gasteiger partial charge in [-0.2, -0.15) is 0 Å². The zero-order chi connectivity index (χ0) is 18.1. The zero-order valence-corrected chi connectivity index (χ0v) is 15.2. The van der Waals surface area contributed by atoms with Crippen LogP contribution in [-0.4, -0.2) is 24.2 Å². The van der Waals surface area contributed by atoms with E-state index < -0.39 is 0 Å². The van der Waals surface area contributed by atoms with Gasteiger partial charge in [-0.3, -0.25) is 10.1 Å². The fourth-order valence-corrected chi connectivity index (χ4v) is 2.30. The lowest BCUT2D eigenvalue weighted by molar-refractivity contribution is 0.0977. The molecule has 2 N–H and O–H groups in total. The number of anilines is 1. The second-order valence-electron chi connectivity index (χ2n) is 5.24. The van der Waals surface area contributed by atoms with Crippen molar-refractivity contribution in [3.63, 3.8) is 0 Å². The highest BCUT2D eigenvalue weighted by Gasteiger charge is 2.08. The van der Waals surface area contributed by atoms with E-state index >= 15 is 0 Å². The van der Waals surface area contributed by atoms with Gasteiger partial charge in [0.25, 0.3) is 5.91 Å². The van der Waals surface area contributed by atoms with Gasteiger partial charge in [-0.25, -0.2) is 0 Å². The first-order valence-corrected chi connectivity index (χ1v) is 8.61. The van der Waals surface area contributed by atoms with Gasteiger partial charge in [0.15, 0.2) is 5.11 Å². The van der Waals surface area contributed by atoms with Gasteiger partial charge < -0.3 is 14.8 Å². The van der Waals surface area contributed by atoms with Gasteiger partial charge in [-0.1, -0.05) is 13.0 Å². The van der Waals surface area contributed by atoms with Crippen LogP contribution in [0.1, 0.15) is 30.6 Å². The summed E-state index contributed by atoms with van der Waals surface area (Å²) in [5.41, 5.74) is 1.26. The Bertz CT molecular complexity index is 717. The van der Waals surface area contributed by atoms with E-state index in [1.807, 2.05) is 38.1 Å². The molecule has 2 aromatic rings. The Morgan fingerprint density at radius 2 is 1.80 bits per heavy atom. The molecule has 0 aliphatic rings. The van der Waals surface area contributed by atoms with Gasteiger partial charge >= 0.3 is 0 Å². The van der Waals surface area contributed by atoms with E-state index in [2.05, 4.69) is 10.6 Å². The number of hydrogen-bond acceptors (Lipinski definition) is 4. The second kappa shape index (κ2) is 9.64. The predicted octanol–water partition coefficient (Wildman–Crippen LogP) is 4.00. The van der Waals surface area contributed by atoms with E-state index in [0.29, 0.717) is 18.8 Å². The highest BCUT2D eigenvalue weighted by atomic mass is 32.1. The number of ether oxygens (including phenoxy) is 2. The number of carbonyl (C=O) groups excluding carboxylic acids is 1. The van der Waals surface area contributed by atoms with Crippen LogP contribution in [0.3, 0.4) is 0 Å². The molecule has 2 rings (SSSR count). The molecule has 0 atom stereocenters. The van der Waals surface area contributed by atoms with Crippen LogP contribution in [0.15, 0.2) is 48.5 Å². The van der Waals surface area contributed by atoms with Crippen molar-refractivity contribution >= 4 is 28.9 Å². The fourth-order valence-electron chi connectivity index (χ4n) is 2.09. The van der Waals surface area contributed by atoms with Crippen LogP contribution in [0.2, 0.25) is 0 Å². The predicted molar refractivity (Wildman–Crippen MR) is 104 cm³/mol. The number of amides is 1. The van der Waals surface area contributed by atoms with Crippen LogP contribution in [0.25, 0.3) is 0 Å². The van der Waals surface area contributed by atoms with E-state index in [-0.39, 0.29) is 11.0 Å². The van der Waals surface area contributed by atoms with Gasteiger partial charge in [0.05, 0.1) is 13.2 Å². The summed E-state index contributed by atoms with van der Waals surface area (Å²) in [4.78, 5) is 12.2. The Balaban J connectivity index is 1.91. The molecule has 6 heteroatoms. The highest BCUT2D eigenvalue weighted by Crippen LogP contribution is 2.17. The van der Waals surface area contributed by atoms with Crippen LogP contribution in [0.4, 0.5) is 5.69 Å². The molecular formula is C19H22N2O3S. The highest BCUT2D eigenvalue weighted by molar-refractivity contribution is 7.80. The van der Waals surface area contributed by atoms with Gasteiger partial charge in [0.2, 0.25) is 0 Å². The Morgan fingerprint density at radius 1 is 1.04 bits per heavy atom. The molecule has 0 saturated heterocycles. The molecule has 2 aromatic carbocycles. The van der Waals surface area contributed by atoms with Crippen molar-refractivity contribution in [3.05, 3.63) is 54.1 Å². The van der Waals surface area contributed by atoms with E-state index in [9.17, 15) is 4.79 Å². The smallest absolute Gasteiger partial charge is 0.257 e. The molecule has 0 aliphatic carbocycles. The van der Waals surface area contributed by atoms with E-state index in [1.54, 1.807) is 24.3 Å². The summed E-state index contributed by atoms with van der Waals surface area (Å²) in [7, 11) is 0. The monoisotopic (exact) mass is 358 g/mol. The molecule has 0 fully saturated rings. The molecule has 0 heterocycles. The Kier molecular flexibility index (Phi) is 7.22. The molecule has 5 nitrogen and oxygen atoms in total. The average molecular weight is 358 g/mol. The molecule has 0 aliphatic heterocycles. The Morgan fingerprint density at radius 3 is 2.48 bits per heavy atom. The number of carbonyl (C=O) groups is 1. The van der Waals surface area contributed by atoms with Crippen LogP contribution >= 0.6 is 12.2 Å². The largest absolute Gasteiger partial charge is 0.494 e. The molecule has 0 spiro atoms. The maximum Gasteiger partial charge on any atom is 0.257 e. The standard InChI is InChI=1S/C19H22N2O3S/c1-3-12-24-16-10-8-14(9-11-16)18(22)21-19(25)20-15-6-5-7-17(13-15)23-4-2/h5-11,13H,3-4,12H2,1-2H3,(H2,20,21,22,25). The number of thiocarbonyl (C=S) groups is 1.